The number of aliphatic hydroxyl groups is 1. The number of sulfonamides is 1. The van der Waals surface area contributed by atoms with E-state index in [1.807, 2.05) is 0 Å². The fraction of sp³-hybridized carbons (Fsp3) is 0.600. The summed E-state index contributed by atoms with van der Waals surface area (Å²) in [5.74, 6) is 0.383. The zero-order chi connectivity index (χ0) is 15.5. The molecule has 0 aromatic heterocycles. The van der Waals surface area contributed by atoms with E-state index in [9.17, 15) is 8.42 Å². The summed E-state index contributed by atoms with van der Waals surface area (Å²) in [6.45, 7) is 1.89. The van der Waals surface area contributed by atoms with Gasteiger partial charge in [0.15, 0.2) is 0 Å². The highest BCUT2D eigenvalue weighted by Gasteiger charge is 2.29. The Hall–Kier alpha value is -0.620. The average Bonchev–Trinajstić information content (AvgIpc) is 2.47. The molecule has 4 nitrogen and oxygen atoms in total. The molecule has 1 aliphatic carbocycles. The van der Waals surface area contributed by atoms with Crippen molar-refractivity contribution in [3.05, 3.63) is 28.8 Å². The third-order valence-corrected chi connectivity index (χ3v) is 6.18. The van der Waals surface area contributed by atoms with Crippen molar-refractivity contribution in [3.8, 4) is 0 Å². The molecule has 0 radical (unpaired) electrons. The zero-order valence-corrected chi connectivity index (χ0v) is 13.8. The van der Waals surface area contributed by atoms with E-state index in [1.165, 1.54) is 12.1 Å². The van der Waals surface area contributed by atoms with Crippen molar-refractivity contribution in [2.75, 3.05) is 0 Å². The molecule has 2 rings (SSSR count). The monoisotopic (exact) mass is 331 g/mol. The molecule has 118 valence electrons. The lowest BCUT2D eigenvalue weighted by Crippen LogP contribution is -2.41. The van der Waals surface area contributed by atoms with Crippen LogP contribution in [0.3, 0.4) is 0 Å². The molecule has 2 N–H and O–H groups in total. The smallest absolute Gasteiger partial charge is 0.242 e. The summed E-state index contributed by atoms with van der Waals surface area (Å²) >= 11 is 6.02. The topological polar surface area (TPSA) is 66.4 Å². The number of hydrogen-bond acceptors (Lipinski definition) is 3. The summed E-state index contributed by atoms with van der Waals surface area (Å²) in [5, 5.41) is 9.35. The molecule has 0 heterocycles. The van der Waals surface area contributed by atoms with Gasteiger partial charge in [-0.3, -0.25) is 0 Å². The Morgan fingerprint density at radius 1 is 1.33 bits per heavy atom. The minimum Gasteiger partial charge on any atom is -0.392 e. The minimum atomic E-state index is -3.66. The molecular weight excluding hydrogens is 310 g/mol. The minimum absolute atomic E-state index is 0.0254. The predicted octanol–water partition coefficient (Wildman–Crippen LogP) is 3.08. The average molecular weight is 332 g/mol. The Balaban J connectivity index is 2.25. The Morgan fingerprint density at radius 3 is 2.71 bits per heavy atom. The van der Waals surface area contributed by atoms with E-state index in [0.29, 0.717) is 11.5 Å². The summed E-state index contributed by atoms with van der Waals surface area (Å²) in [6.07, 6.45) is 5.12. The summed E-state index contributed by atoms with van der Waals surface area (Å²) in [7, 11) is -3.66. The van der Waals surface area contributed by atoms with E-state index in [4.69, 9.17) is 16.7 Å². The molecule has 1 saturated carbocycles. The maximum absolute atomic E-state index is 12.6. The lowest BCUT2D eigenvalue weighted by molar-refractivity contribution is 0.281. The molecule has 1 aromatic rings. The maximum Gasteiger partial charge on any atom is 0.242 e. The Bertz CT molecular complexity index is 589. The van der Waals surface area contributed by atoms with E-state index in [0.717, 1.165) is 32.1 Å². The highest BCUT2D eigenvalue weighted by atomic mass is 35.5. The van der Waals surface area contributed by atoms with Gasteiger partial charge in [-0.2, -0.15) is 0 Å². The predicted molar refractivity (Wildman–Crippen MR) is 83.7 cm³/mol. The quantitative estimate of drug-likeness (QED) is 0.871. The summed E-state index contributed by atoms with van der Waals surface area (Å²) in [6, 6.07) is 4.55. The largest absolute Gasteiger partial charge is 0.392 e. The van der Waals surface area contributed by atoms with Crippen LogP contribution in [0, 0.1) is 5.92 Å². The molecule has 0 saturated heterocycles. The Morgan fingerprint density at radius 2 is 2.05 bits per heavy atom. The van der Waals surface area contributed by atoms with Gasteiger partial charge in [0, 0.05) is 6.04 Å². The first kappa shape index (κ1) is 16.7. The number of rotatable bonds is 5. The van der Waals surface area contributed by atoms with Crippen molar-refractivity contribution in [2.24, 2.45) is 5.92 Å². The van der Waals surface area contributed by atoms with Crippen LogP contribution in [0.5, 0.6) is 0 Å². The third-order valence-electron chi connectivity index (χ3n) is 4.21. The van der Waals surface area contributed by atoms with E-state index in [2.05, 4.69) is 11.6 Å². The van der Waals surface area contributed by atoms with Crippen LogP contribution in [0.25, 0.3) is 0 Å². The van der Waals surface area contributed by atoms with Gasteiger partial charge in [0.05, 0.1) is 11.6 Å². The first-order valence-electron chi connectivity index (χ1n) is 7.39. The van der Waals surface area contributed by atoms with Gasteiger partial charge in [-0.15, -0.1) is 0 Å². The van der Waals surface area contributed by atoms with Crippen LogP contribution in [0.15, 0.2) is 23.1 Å². The molecule has 0 aliphatic heterocycles. The van der Waals surface area contributed by atoms with Crippen LogP contribution in [-0.2, 0) is 16.6 Å². The highest BCUT2D eigenvalue weighted by molar-refractivity contribution is 7.89. The van der Waals surface area contributed by atoms with Crippen LogP contribution in [0.4, 0.5) is 0 Å². The first-order valence-corrected chi connectivity index (χ1v) is 9.25. The molecule has 0 spiro atoms. The van der Waals surface area contributed by atoms with Crippen LogP contribution in [-0.4, -0.2) is 19.6 Å². The van der Waals surface area contributed by atoms with Crippen molar-refractivity contribution in [1.82, 2.24) is 4.72 Å². The Labute approximate surface area is 131 Å². The Kier molecular flexibility index (Phi) is 5.66. The van der Waals surface area contributed by atoms with Gasteiger partial charge in [-0.1, -0.05) is 43.9 Å². The van der Waals surface area contributed by atoms with Gasteiger partial charge in [-0.05, 0) is 36.5 Å². The molecule has 0 bridgehead atoms. The zero-order valence-electron chi connectivity index (χ0n) is 12.2. The standard InChI is InChI=1S/C15H22ClNO3S/c1-2-12-5-3-4-6-14(12)17-21(19,20)15-9-11(10-18)7-8-13(15)16/h7-9,12,14,17-18H,2-6,10H2,1H3. The number of aliphatic hydroxyl groups excluding tert-OH is 1. The van der Waals surface area contributed by atoms with Gasteiger partial charge >= 0.3 is 0 Å². The summed E-state index contributed by atoms with van der Waals surface area (Å²) in [5.41, 5.74) is 0.537. The van der Waals surface area contributed by atoms with Crippen LogP contribution >= 0.6 is 11.6 Å². The lowest BCUT2D eigenvalue weighted by Gasteiger charge is -2.31. The van der Waals surface area contributed by atoms with Gasteiger partial charge in [0.25, 0.3) is 0 Å². The normalized spacial score (nSPS) is 23.2. The van der Waals surface area contributed by atoms with E-state index in [-0.39, 0.29) is 22.6 Å². The molecule has 0 amide bonds. The summed E-state index contributed by atoms with van der Waals surface area (Å²) in [4.78, 5) is 0.0520. The fourth-order valence-electron chi connectivity index (χ4n) is 2.97. The molecule has 21 heavy (non-hydrogen) atoms. The molecule has 6 heteroatoms. The second-order valence-corrected chi connectivity index (χ2v) is 7.69. The fourth-order valence-corrected chi connectivity index (χ4v) is 4.86. The lowest BCUT2D eigenvalue weighted by atomic mass is 9.83. The van der Waals surface area contributed by atoms with Crippen molar-refractivity contribution >= 4 is 21.6 Å². The van der Waals surface area contributed by atoms with Crippen molar-refractivity contribution in [3.63, 3.8) is 0 Å². The number of benzene rings is 1. The van der Waals surface area contributed by atoms with Gasteiger partial charge in [0.2, 0.25) is 10.0 Å². The second kappa shape index (κ2) is 7.09. The molecule has 2 unspecified atom stereocenters. The molecule has 1 aromatic carbocycles. The number of hydrogen-bond donors (Lipinski definition) is 2. The van der Waals surface area contributed by atoms with Crippen molar-refractivity contribution < 1.29 is 13.5 Å². The van der Waals surface area contributed by atoms with E-state index >= 15 is 0 Å². The SMILES string of the molecule is CCC1CCCCC1NS(=O)(=O)c1cc(CO)ccc1Cl. The molecule has 1 aliphatic rings. The number of nitrogens with one attached hydrogen (secondary N) is 1. The van der Waals surface area contributed by atoms with Crippen molar-refractivity contribution in [1.29, 1.82) is 0 Å². The maximum atomic E-state index is 12.6. The van der Waals surface area contributed by atoms with E-state index < -0.39 is 10.0 Å². The molecular formula is C15H22ClNO3S. The molecule has 1 fully saturated rings. The first-order chi connectivity index (χ1) is 9.97. The van der Waals surface area contributed by atoms with Gasteiger partial charge in [-0.25, -0.2) is 13.1 Å². The van der Waals surface area contributed by atoms with Crippen LogP contribution < -0.4 is 4.72 Å². The van der Waals surface area contributed by atoms with Crippen LogP contribution in [0.2, 0.25) is 5.02 Å². The van der Waals surface area contributed by atoms with Gasteiger partial charge < -0.3 is 5.11 Å². The second-order valence-electron chi connectivity index (χ2n) is 5.60. The third kappa shape index (κ3) is 3.97. The van der Waals surface area contributed by atoms with E-state index in [1.54, 1.807) is 6.07 Å². The number of halogens is 1. The summed E-state index contributed by atoms with van der Waals surface area (Å²) < 4.78 is 28.0. The van der Waals surface area contributed by atoms with Crippen LogP contribution in [0.1, 0.15) is 44.6 Å². The molecule has 2 atom stereocenters. The van der Waals surface area contributed by atoms with Gasteiger partial charge in [0.1, 0.15) is 4.90 Å². The highest BCUT2D eigenvalue weighted by Crippen LogP contribution is 2.29. The van der Waals surface area contributed by atoms with Crippen molar-refractivity contribution in [2.45, 2.75) is 56.6 Å².